The van der Waals surface area contributed by atoms with Crippen LogP contribution in [0.15, 0.2) is 0 Å². The van der Waals surface area contributed by atoms with Crippen molar-refractivity contribution in [1.82, 2.24) is 9.80 Å². The van der Waals surface area contributed by atoms with Gasteiger partial charge in [-0.3, -0.25) is 14.5 Å². The lowest BCUT2D eigenvalue weighted by Crippen LogP contribution is -2.40. The van der Waals surface area contributed by atoms with Gasteiger partial charge in [0.2, 0.25) is 0 Å². The van der Waals surface area contributed by atoms with Gasteiger partial charge in [0.15, 0.2) is 0 Å². The summed E-state index contributed by atoms with van der Waals surface area (Å²) >= 11 is 0. The van der Waals surface area contributed by atoms with Crippen LogP contribution in [0.4, 0.5) is 4.79 Å². The number of imide groups is 1. The van der Waals surface area contributed by atoms with Crippen LogP contribution in [-0.2, 0) is 9.59 Å². The Balaban J connectivity index is 2.07. The number of hydrogen-bond acceptors (Lipinski definition) is 3. The van der Waals surface area contributed by atoms with E-state index in [9.17, 15) is 14.4 Å². The van der Waals surface area contributed by atoms with E-state index in [1.165, 1.54) is 18.4 Å². The molecule has 1 heterocycles. The fraction of sp³-hybridized carbons (Fsp3) is 0.769. The largest absolute Gasteiger partial charge is 0.480 e. The highest BCUT2D eigenvalue weighted by Gasteiger charge is 2.44. The molecule has 0 spiro atoms. The molecule has 1 aliphatic heterocycles. The highest BCUT2D eigenvalue weighted by atomic mass is 16.4. The molecular weight excluding hydrogens is 248 g/mol. The Morgan fingerprint density at radius 1 is 1.26 bits per heavy atom. The summed E-state index contributed by atoms with van der Waals surface area (Å²) in [5.41, 5.74) is 0. The highest BCUT2D eigenvalue weighted by Crippen LogP contribution is 2.31. The van der Waals surface area contributed by atoms with Crippen LogP contribution in [0.2, 0.25) is 0 Å². The number of urea groups is 1. The number of carbonyl (C=O) groups is 3. The molecule has 0 aromatic carbocycles. The predicted octanol–water partition coefficient (Wildman–Crippen LogP) is 1.30. The first-order valence-corrected chi connectivity index (χ1v) is 6.80. The summed E-state index contributed by atoms with van der Waals surface area (Å²) < 4.78 is 0. The fourth-order valence-corrected chi connectivity index (χ4v) is 3.07. The average molecular weight is 268 g/mol. The van der Waals surface area contributed by atoms with Gasteiger partial charge in [-0.2, -0.15) is 0 Å². The third-order valence-corrected chi connectivity index (χ3v) is 4.11. The van der Waals surface area contributed by atoms with E-state index in [1.807, 2.05) is 0 Å². The first kappa shape index (κ1) is 13.8. The van der Waals surface area contributed by atoms with Crippen LogP contribution in [0.5, 0.6) is 0 Å². The van der Waals surface area contributed by atoms with Crippen LogP contribution in [0.25, 0.3) is 0 Å². The molecule has 6 nitrogen and oxygen atoms in total. The van der Waals surface area contributed by atoms with E-state index in [0.717, 1.165) is 30.6 Å². The first-order valence-electron chi connectivity index (χ1n) is 6.80. The Labute approximate surface area is 112 Å². The number of nitrogens with zero attached hydrogens (tertiary/aromatic N) is 2. The van der Waals surface area contributed by atoms with Crippen molar-refractivity contribution in [3.8, 4) is 0 Å². The first-order chi connectivity index (χ1) is 9.00. The van der Waals surface area contributed by atoms with Gasteiger partial charge in [0.25, 0.3) is 5.91 Å². The van der Waals surface area contributed by atoms with E-state index in [0.29, 0.717) is 12.3 Å². The molecule has 3 amide bonds. The van der Waals surface area contributed by atoms with Crippen molar-refractivity contribution in [3.63, 3.8) is 0 Å². The second kappa shape index (κ2) is 5.59. The zero-order chi connectivity index (χ0) is 14.0. The monoisotopic (exact) mass is 268 g/mol. The van der Waals surface area contributed by atoms with E-state index in [1.54, 1.807) is 0 Å². The number of likely N-dealkylation sites (N-methyl/N-ethyl adjacent to an activating group) is 1. The predicted molar refractivity (Wildman–Crippen MR) is 67.5 cm³/mol. The molecule has 0 aromatic rings. The van der Waals surface area contributed by atoms with Crippen LogP contribution < -0.4 is 0 Å². The Morgan fingerprint density at radius 3 is 2.47 bits per heavy atom. The van der Waals surface area contributed by atoms with Crippen molar-refractivity contribution >= 4 is 17.9 Å². The summed E-state index contributed by atoms with van der Waals surface area (Å²) in [4.78, 5) is 37.0. The number of carboxylic acid groups (broad SMARTS) is 1. The summed E-state index contributed by atoms with van der Waals surface area (Å²) in [5.74, 6) is -0.916. The minimum Gasteiger partial charge on any atom is -0.480 e. The SMILES string of the molecule is CN1C(=O)C(CC2CCCCC2)N(CC(=O)O)C1=O. The summed E-state index contributed by atoms with van der Waals surface area (Å²) in [6.45, 7) is -0.397. The van der Waals surface area contributed by atoms with Gasteiger partial charge in [-0.1, -0.05) is 32.1 Å². The minimum absolute atomic E-state index is 0.267. The minimum atomic E-state index is -1.08. The van der Waals surface area contributed by atoms with Gasteiger partial charge in [-0.05, 0) is 12.3 Å². The molecule has 2 rings (SSSR count). The van der Waals surface area contributed by atoms with Crippen molar-refractivity contribution < 1.29 is 19.5 Å². The molecule has 1 aliphatic carbocycles. The van der Waals surface area contributed by atoms with Crippen molar-refractivity contribution in [1.29, 1.82) is 0 Å². The topological polar surface area (TPSA) is 77.9 Å². The number of hydrogen-bond donors (Lipinski definition) is 1. The summed E-state index contributed by atoms with van der Waals surface area (Å²) in [6, 6.07) is -1.08. The molecule has 19 heavy (non-hydrogen) atoms. The summed E-state index contributed by atoms with van der Waals surface area (Å²) in [7, 11) is 1.42. The molecular formula is C13H20N2O4. The van der Waals surface area contributed by atoms with Gasteiger partial charge in [-0.15, -0.1) is 0 Å². The number of rotatable bonds is 4. The maximum absolute atomic E-state index is 12.1. The second-order valence-corrected chi connectivity index (χ2v) is 5.46. The lowest BCUT2D eigenvalue weighted by Gasteiger charge is -2.27. The third kappa shape index (κ3) is 2.88. The van der Waals surface area contributed by atoms with Crippen LogP contribution in [0.3, 0.4) is 0 Å². The van der Waals surface area contributed by atoms with Gasteiger partial charge in [0.1, 0.15) is 12.6 Å². The Kier molecular flexibility index (Phi) is 4.07. The van der Waals surface area contributed by atoms with Gasteiger partial charge >= 0.3 is 12.0 Å². The summed E-state index contributed by atoms with van der Waals surface area (Å²) in [6.07, 6.45) is 6.29. The van der Waals surface area contributed by atoms with Crippen LogP contribution >= 0.6 is 0 Å². The van der Waals surface area contributed by atoms with Gasteiger partial charge in [-0.25, -0.2) is 4.79 Å². The molecule has 0 aromatic heterocycles. The van der Waals surface area contributed by atoms with Crippen LogP contribution in [0.1, 0.15) is 38.5 Å². The maximum atomic E-state index is 12.1. The molecule has 1 saturated heterocycles. The number of amides is 3. The maximum Gasteiger partial charge on any atom is 0.327 e. The van der Waals surface area contributed by atoms with Gasteiger partial charge in [0, 0.05) is 7.05 Å². The number of aliphatic carboxylic acids is 1. The molecule has 6 heteroatoms. The third-order valence-electron chi connectivity index (χ3n) is 4.11. The zero-order valence-corrected chi connectivity index (χ0v) is 11.2. The smallest absolute Gasteiger partial charge is 0.327 e. The molecule has 0 bridgehead atoms. The number of carbonyl (C=O) groups excluding carboxylic acids is 2. The van der Waals surface area contributed by atoms with Gasteiger partial charge < -0.3 is 10.0 Å². The highest BCUT2D eigenvalue weighted by molar-refractivity contribution is 6.04. The molecule has 1 atom stereocenters. The van der Waals surface area contributed by atoms with Crippen molar-refractivity contribution in [2.75, 3.05) is 13.6 Å². The molecule has 1 N–H and O–H groups in total. The molecule has 1 saturated carbocycles. The van der Waals surface area contributed by atoms with Gasteiger partial charge in [0.05, 0.1) is 0 Å². The van der Waals surface area contributed by atoms with Crippen molar-refractivity contribution in [2.45, 2.75) is 44.6 Å². The lowest BCUT2D eigenvalue weighted by molar-refractivity contribution is -0.138. The lowest BCUT2D eigenvalue weighted by atomic mass is 9.84. The average Bonchev–Trinajstić information content (AvgIpc) is 2.57. The van der Waals surface area contributed by atoms with Crippen LogP contribution in [0, 0.1) is 5.92 Å². The Bertz CT molecular complexity index is 390. The van der Waals surface area contributed by atoms with E-state index in [-0.39, 0.29) is 5.91 Å². The van der Waals surface area contributed by atoms with Crippen molar-refractivity contribution in [3.05, 3.63) is 0 Å². The second-order valence-electron chi connectivity index (χ2n) is 5.46. The van der Waals surface area contributed by atoms with E-state index in [2.05, 4.69) is 0 Å². The molecule has 1 unspecified atom stereocenters. The Hall–Kier alpha value is -1.59. The number of carboxylic acids is 1. The van der Waals surface area contributed by atoms with E-state index >= 15 is 0 Å². The normalized spacial score (nSPS) is 25.2. The standard InChI is InChI=1S/C13H20N2O4/c1-14-12(18)10(7-9-5-3-2-4-6-9)15(13(14)19)8-11(16)17/h9-10H,2-8H2,1H3,(H,16,17). The Morgan fingerprint density at radius 2 is 1.89 bits per heavy atom. The zero-order valence-electron chi connectivity index (χ0n) is 11.2. The van der Waals surface area contributed by atoms with Crippen LogP contribution in [-0.4, -0.2) is 52.4 Å². The fourth-order valence-electron chi connectivity index (χ4n) is 3.07. The van der Waals surface area contributed by atoms with Crippen molar-refractivity contribution in [2.24, 2.45) is 5.92 Å². The molecule has 2 fully saturated rings. The quantitative estimate of drug-likeness (QED) is 0.780. The van der Waals surface area contributed by atoms with E-state index < -0.39 is 24.6 Å². The molecule has 0 radical (unpaired) electrons. The van der Waals surface area contributed by atoms with E-state index in [4.69, 9.17) is 5.11 Å². The summed E-state index contributed by atoms with van der Waals surface area (Å²) in [5, 5.41) is 8.86. The molecule has 106 valence electrons. The molecule has 2 aliphatic rings.